The lowest BCUT2D eigenvalue weighted by Crippen LogP contribution is -2.48. The van der Waals surface area contributed by atoms with Crippen LogP contribution in [0.25, 0.3) is 0 Å². The lowest BCUT2D eigenvalue weighted by Gasteiger charge is -2.27. The first-order valence-corrected chi connectivity index (χ1v) is 5.92. The van der Waals surface area contributed by atoms with Crippen LogP contribution in [-0.4, -0.2) is 32.7 Å². The molecule has 0 bridgehead atoms. The Hall–Kier alpha value is -0.170. The van der Waals surface area contributed by atoms with Gasteiger partial charge >= 0.3 is 0 Å². The quantitative estimate of drug-likeness (QED) is 0.576. The largest absolute Gasteiger partial charge is 0.391 e. The minimum Gasteiger partial charge on any atom is -0.391 e. The Morgan fingerprint density at radius 2 is 1.92 bits per heavy atom. The van der Waals surface area contributed by atoms with Crippen molar-refractivity contribution in [1.29, 1.82) is 0 Å². The van der Waals surface area contributed by atoms with Gasteiger partial charge in [0.05, 0.1) is 6.10 Å². The molecule has 0 spiro atoms. The molecule has 6 heteroatoms. The van der Waals surface area contributed by atoms with Crippen LogP contribution in [0.2, 0.25) is 0 Å². The van der Waals surface area contributed by atoms with Crippen LogP contribution in [0.3, 0.4) is 0 Å². The van der Waals surface area contributed by atoms with Crippen LogP contribution in [0.15, 0.2) is 0 Å². The second-order valence-electron chi connectivity index (χ2n) is 3.28. The normalized spacial score (nSPS) is 30.3. The van der Waals surface area contributed by atoms with Crippen molar-refractivity contribution in [3.05, 3.63) is 0 Å². The van der Waals surface area contributed by atoms with E-state index in [4.69, 9.17) is 0 Å². The molecule has 1 rings (SSSR count). The predicted molar refractivity (Wildman–Crippen MR) is 49.4 cm³/mol. The molecule has 1 aliphatic carbocycles. The third-order valence-corrected chi connectivity index (χ3v) is 3.46. The Kier molecular flexibility index (Phi) is 3.66. The highest BCUT2D eigenvalue weighted by molar-refractivity contribution is 7.87. The molecule has 0 heterocycles. The van der Waals surface area contributed by atoms with Crippen molar-refractivity contribution in [2.45, 2.75) is 37.8 Å². The van der Waals surface area contributed by atoms with E-state index in [9.17, 15) is 13.5 Å². The van der Waals surface area contributed by atoms with Gasteiger partial charge in [-0.25, -0.2) is 4.72 Å². The van der Waals surface area contributed by atoms with Gasteiger partial charge in [0, 0.05) is 13.1 Å². The molecule has 1 saturated carbocycles. The third kappa shape index (κ3) is 3.22. The summed E-state index contributed by atoms with van der Waals surface area (Å²) in [6.07, 6.45) is 2.78. The van der Waals surface area contributed by atoms with Crippen LogP contribution in [0.5, 0.6) is 0 Å². The third-order valence-electron chi connectivity index (χ3n) is 2.30. The number of hydrogen-bond donors (Lipinski definition) is 3. The first-order chi connectivity index (χ1) is 6.05. The fourth-order valence-corrected chi connectivity index (χ4v) is 2.30. The van der Waals surface area contributed by atoms with Gasteiger partial charge < -0.3 is 5.11 Å². The second-order valence-corrected chi connectivity index (χ2v) is 4.93. The molecule has 5 nitrogen and oxygen atoms in total. The molecule has 3 N–H and O–H groups in total. The van der Waals surface area contributed by atoms with Gasteiger partial charge in [0.15, 0.2) is 0 Å². The van der Waals surface area contributed by atoms with Crippen molar-refractivity contribution in [2.24, 2.45) is 0 Å². The summed E-state index contributed by atoms with van der Waals surface area (Å²) in [4.78, 5) is 0. The van der Waals surface area contributed by atoms with Crippen LogP contribution < -0.4 is 9.44 Å². The zero-order valence-corrected chi connectivity index (χ0v) is 8.47. The molecule has 0 radical (unpaired) electrons. The lowest BCUT2D eigenvalue weighted by atomic mass is 9.93. The van der Waals surface area contributed by atoms with E-state index in [2.05, 4.69) is 9.44 Å². The van der Waals surface area contributed by atoms with Crippen molar-refractivity contribution in [3.8, 4) is 0 Å². The summed E-state index contributed by atoms with van der Waals surface area (Å²) in [5.74, 6) is 0. The van der Waals surface area contributed by atoms with E-state index in [1.165, 1.54) is 7.05 Å². The van der Waals surface area contributed by atoms with Crippen LogP contribution >= 0.6 is 0 Å². The van der Waals surface area contributed by atoms with Gasteiger partial charge in [0.25, 0.3) is 10.2 Å². The smallest absolute Gasteiger partial charge is 0.276 e. The highest BCUT2D eigenvalue weighted by atomic mass is 32.2. The summed E-state index contributed by atoms with van der Waals surface area (Å²) in [6.45, 7) is 0. The number of hydrogen-bond acceptors (Lipinski definition) is 3. The maximum atomic E-state index is 11.1. The molecule has 13 heavy (non-hydrogen) atoms. The van der Waals surface area contributed by atoms with Gasteiger partial charge in [-0.1, -0.05) is 12.8 Å². The van der Waals surface area contributed by atoms with E-state index in [1.807, 2.05) is 0 Å². The highest BCUT2D eigenvalue weighted by Crippen LogP contribution is 2.18. The van der Waals surface area contributed by atoms with Crippen LogP contribution in [0, 0.1) is 0 Å². The Morgan fingerprint density at radius 1 is 1.31 bits per heavy atom. The summed E-state index contributed by atoms with van der Waals surface area (Å²) in [5.41, 5.74) is 0. The van der Waals surface area contributed by atoms with Crippen molar-refractivity contribution in [2.75, 3.05) is 7.05 Å². The van der Waals surface area contributed by atoms with Gasteiger partial charge in [-0.3, -0.25) is 0 Å². The molecule has 0 aromatic carbocycles. The molecule has 1 fully saturated rings. The molecule has 2 atom stereocenters. The van der Waals surface area contributed by atoms with E-state index < -0.39 is 16.3 Å². The standard InChI is InChI=1S/C7H16N2O3S/c1-8-13(11,12)9-6-4-2-3-5-7(6)10/h6-10H,2-5H2,1H3/t6-,7-/m0/s1. The SMILES string of the molecule is CNS(=O)(=O)N[C@H]1CCCC[C@@H]1O. The summed E-state index contributed by atoms with van der Waals surface area (Å²) < 4.78 is 26.7. The molecule has 0 saturated heterocycles. The van der Waals surface area contributed by atoms with E-state index >= 15 is 0 Å². The van der Waals surface area contributed by atoms with E-state index in [0.29, 0.717) is 12.8 Å². The topological polar surface area (TPSA) is 78.4 Å². The monoisotopic (exact) mass is 208 g/mol. The maximum absolute atomic E-state index is 11.1. The van der Waals surface area contributed by atoms with Crippen molar-refractivity contribution < 1.29 is 13.5 Å². The van der Waals surface area contributed by atoms with Crippen LogP contribution in [-0.2, 0) is 10.2 Å². The minimum absolute atomic E-state index is 0.328. The van der Waals surface area contributed by atoms with Crippen molar-refractivity contribution >= 4 is 10.2 Å². The lowest BCUT2D eigenvalue weighted by molar-refractivity contribution is 0.101. The molecule has 0 aromatic rings. The zero-order valence-electron chi connectivity index (χ0n) is 7.66. The fraction of sp³-hybridized carbons (Fsp3) is 1.00. The number of aliphatic hydroxyl groups is 1. The Labute approximate surface area is 78.7 Å². The first kappa shape index (κ1) is 10.9. The van der Waals surface area contributed by atoms with Crippen LogP contribution in [0.1, 0.15) is 25.7 Å². The molecular weight excluding hydrogens is 192 g/mol. The van der Waals surface area contributed by atoms with E-state index in [1.54, 1.807) is 0 Å². The molecule has 78 valence electrons. The summed E-state index contributed by atoms with van der Waals surface area (Å²) >= 11 is 0. The molecular formula is C7H16N2O3S. The van der Waals surface area contributed by atoms with Gasteiger partial charge in [-0.05, 0) is 12.8 Å². The average molecular weight is 208 g/mol. The maximum Gasteiger partial charge on any atom is 0.276 e. The zero-order chi connectivity index (χ0) is 9.90. The molecule has 0 unspecified atom stereocenters. The number of nitrogens with one attached hydrogen (secondary N) is 2. The Balaban J connectivity index is 2.52. The summed E-state index contributed by atoms with van der Waals surface area (Å²) in [5, 5.41) is 9.47. The highest BCUT2D eigenvalue weighted by Gasteiger charge is 2.26. The summed E-state index contributed by atoms with van der Waals surface area (Å²) in [6, 6.07) is -0.328. The Morgan fingerprint density at radius 3 is 2.46 bits per heavy atom. The summed E-state index contributed by atoms with van der Waals surface area (Å²) in [7, 11) is -2.07. The second kappa shape index (κ2) is 4.36. The van der Waals surface area contributed by atoms with E-state index in [-0.39, 0.29) is 6.04 Å². The number of rotatable bonds is 3. The molecule has 1 aliphatic rings. The molecule has 0 amide bonds. The van der Waals surface area contributed by atoms with Gasteiger partial charge in [-0.15, -0.1) is 0 Å². The molecule has 0 aromatic heterocycles. The van der Waals surface area contributed by atoms with Gasteiger partial charge in [-0.2, -0.15) is 13.1 Å². The minimum atomic E-state index is -3.41. The van der Waals surface area contributed by atoms with Crippen molar-refractivity contribution in [3.63, 3.8) is 0 Å². The first-order valence-electron chi connectivity index (χ1n) is 4.44. The predicted octanol–water partition coefficient (Wildman–Crippen LogP) is -0.656. The Bertz CT molecular complexity index is 252. The van der Waals surface area contributed by atoms with E-state index in [0.717, 1.165) is 12.8 Å². The van der Waals surface area contributed by atoms with Gasteiger partial charge in [0.1, 0.15) is 0 Å². The van der Waals surface area contributed by atoms with Crippen molar-refractivity contribution in [1.82, 2.24) is 9.44 Å². The van der Waals surface area contributed by atoms with Crippen LogP contribution in [0.4, 0.5) is 0 Å². The number of aliphatic hydroxyl groups excluding tert-OH is 1. The fourth-order valence-electron chi connectivity index (χ4n) is 1.51. The average Bonchev–Trinajstić information content (AvgIpc) is 2.09. The molecule has 0 aliphatic heterocycles. The van der Waals surface area contributed by atoms with Gasteiger partial charge in [0.2, 0.25) is 0 Å².